The van der Waals surface area contributed by atoms with Gasteiger partial charge >= 0.3 is 0 Å². The van der Waals surface area contributed by atoms with E-state index in [2.05, 4.69) is 23.2 Å². The normalized spacial score (nSPS) is 9.05. The maximum atomic E-state index is 9.11. The Morgan fingerprint density at radius 2 is 1.84 bits per heavy atom. The van der Waals surface area contributed by atoms with E-state index in [0.717, 1.165) is 16.8 Å². The minimum absolute atomic E-state index is 0.521. The van der Waals surface area contributed by atoms with Crippen LogP contribution in [-0.2, 0) is 0 Å². The molecule has 0 aliphatic carbocycles. The van der Waals surface area contributed by atoms with E-state index in [1.807, 2.05) is 55.5 Å². The summed E-state index contributed by atoms with van der Waals surface area (Å²) in [5, 5.41) is 12.3. The van der Waals surface area contributed by atoms with E-state index in [4.69, 9.17) is 5.26 Å². The molecule has 0 saturated heterocycles. The molecule has 2 aromatic rings. The van der Waals surface area contributed by atoms with Gasteiger partial charge in [-0.2, -0.15) is 5.26 Å². The predicted molar refractivity (Wildman–Crippen MR) is 77.7 cm³/mol. The van der Waals surface area contributed by atoms with Crippen molar-refractivity contribution in [2.75, 3.05) is 11.9 Å². The highest BCUT2D eigenvalue weighted by molar-refractivity contribution is 5.61. The third-order valence-corrected chi connectivity index (χ3v) is 2.76. The van der Waals surface area contributed by atoms with Gasteiger partial charge in [0.25, 0.3) is 0 Å². The summed E-state index contributed by atoms with van der Waals surface area (Å²) >= 11 is 0. The average Bonchev–Trinajstić information content (AvgIpc) is 2.45. The second-order valence-electron chi connectivity index (χ2n) is 4.13. The average molecular weight is 246 g/mol. The summed E-state index contributed by atoms with van der Waals surface area (Å²) in [6.07, 6.45) is 0. The number of rotatable bonds is 2. The molecule has 0 saturated carbocycles. The first kappa shape index (κ1) is 12.7. The van der Waals surface area contributed by atoms with Gasteiger partial charge in [0.1, 0.15) is 6.07 Å². The van der Waals surface area contributed by atoms with Crippen LogP contribution >= 0.6 is 0 Å². The Hall–Kier alpha value is -2.71. The lowest BCUT2D eigenvalue weighted by Crippen LogP contribution is -2.01. The molecular formula is C17H14N2. The highest BCUT2D eigenvalue weighted by Crippen LogP contribution is 2.17. The predicted octanol–water partition coefficient (Wildman–Crippen LogP) is 3.33. The molecular weight excluding hydrogens is 232 g/mol. The molecule has 2 aromatic carbocycles. The number of aryl methyl sites for hydroxylation is 1. The van der Waals surface area contributed by atoms with Crippen LogP contribution in [0.15, 0.2) is 48.5 Å². The molecule has 0 spiro atoms. The minimum atomic E-state index is 0.521. The minimum Gasteiger partial charge on any atom is -0.373 e. The third-order valence-electron chi connectivity index (χ3n) is 2.76. The molecule has 2 heteroatoms. The van der Waals surface area contributed by atoms with Crippen LogP contribution in [0.3, 0.4) is 0 Å². The third kappa shape index (κ3) is 3.37. The van der Waals surface area contributed by atoms with Gasteiger partial charge in [0.2, 0.25) is 0 Å². The fourth-order valence-corrected chi connectivity index (χ4v) is 1.77. The van der Waals surface area contributed by atoms with Crippen LogP contribution in [0, 0.1) is 30.1 Å². The van der Waals surface area contributed by atoms with E-state index >= 15 is 0 Å². The number of nitrogens with one attached hydrogen (secondary N) is 1. The molecule has 19 heavy (non-hydrogen) atoms. The Balaban J connectivity index is 2.03. The lowest BCUT2D eigenvalue weighted by molar-refractivity contribution is 1.32. The van der Waals surface area contributed by atoms with E-state index < -0.39 is 0 Å². The number of hydrogen-bond acceptors (Lipinski definition) is 2. The maximum absolute atomic E-state index is 9.11. The van der Waals surface area contributed by atoms with Crippen molar-refractivity contribution >= 4 is 5.69 Å². The van der Waals surface area contributed by atoms with E-state index in [1.54, 1.807) is 0 Å². The Morgan fingerprint density at radius 3 is 2.58 bits per heavy atom. The standard InChI is InChI=1S/C17H14N2/c1-14-7-5-11-17(16(14)13-18)19-12-6-10-15-8-3-2-4-9-15/h2-5,7-9,11,19H,12H2,1H3. The van der Waals surface area contributed by atoms with Crippen LogP contribution in [-0.4, -0.2) is 6.54 Å². The Labute approximate surface area is 113 Å². The fraction of sp³-hybridized carbons (Fsp3) is 0.118. The van der Waals surface area contributed by atoms with Gasteiger partial charge in [-0.05, 0) is 30.7 Å². The lowest BCUT2D eigenvalue weighted by atomic mass is 10.1. The molecule has 0 unspecified atom stereocenters. The van der Waals surface area contributed by atoms with Crippen LogP contribution in [0.2, 0.25) is 0 Å². The first-order valence-electron chi connectivity index (χ1n) is 6.09. The van der Waals surface area contributed by atoms with Crippen molar-refractivity contribution in [2.24, 2.45) is 0 Å². The molecule has 0 amide bonds. The summed E-state index contributed by atoms with van der Waals surface area (Å²) in [6, 6.07) is 17.8. The van der Waals surface area contributed by atoms with Crippen molar-refractivity contribution in [3.63, 3.8) is 0 Å². The number of hydrogen-bond donors (Lipinski definition) is 1. The quantitative estimate of drug-likeness (QED) is 0.825. The van der Waals surface area contributed by atoms with E-state index in [0.29, 0.717) is 12.1 Å². The molecule has 0 aliphatic heterocycles. The van der Waals surface area contributed by atoms with Gasteiger partial charge in [0.15, 0.2) is 0 Å². The summed E-state index contributed by atoms with van der Waals surface area (Å²) in [4.78, 5) is 0. The Kier molecular flexibility index (Phi) is 4.21. The molecule has 1 N–H and O–H groups in total. The fourth-order valence-electron chi connectivity index (χ4n) is 1.77. The van der Waals surface area contributed by atoms with Crippen molar-refractivity contribution in [2.45, 2.75) is 6.92 Å². The molecule has 0 bridgehead atoms. The Bertz CT molecular complexity index is 655. The summed E-state index contributed by atoms with van der Waals surface area (Å²) in [5.41, 5.74) is 3.49. The number of nitrogens with zero attached hydrogens (tertiary/aromatic N) is 1. The number of benzene rings is 2. The zero-order valence-electron chi connectivity index (χ0n) is 10.8. The zero-order chi connectivity index (χ0) is 13.5. The molecule has 2 rings (SSSR count). The summed E-state index contributed by atoms with van der Waals surface area (Å²) < 4.78 is 0. The van der Waals surface area contributed by atoms with Crippen LogP contribution < -0.4 is 5.32 Å². The molecule has 0 heterocycles. The van der Waals surface area contributed by atoms with Crippen LogP contribution in [0.25, 0.3) is 0 Å². The van der Waals surface area contributed by atoms with Crippen molar-refractivity contribution < 1.29 is 0 Å². The van der Waals surface area contributed by atoms with Gasteiger partial charge in [0.05, 0.1) is 17.8 Å². The topological polar surface area (TPSA) is 35.8 Å². The van der Waals surface area contributed by atoms with Crippen LogP contribution in [0.5, 0.6) is 0 Å². The second-order valence-corrected chi connectivity index (χ2v) is 4.13. The van der Waals surface area contributed by atoms with Crippen molar-refractivity contribution in [3.8, 4) is 17.9 Å². The first-order chi connectivity index (χ1) is 9.31. The van der Waals surface area contributed by atoms with Gasteiger partial charge < -0.3 is 5.32 Å². The number of anilines is 1. The van der Waals surface area contributed by atoms with E-state index in [-0.39, 0.29) is 0 Å². The van der Waals surface area contributed by atoms with Crippen molar-refractivity contribution in [1.29, 1.82) is 5.26 Å². The molecule has 0 aromatic heterocycles. The van der Waals surface area contributed by atoms with Gasteiger partial charge in [-0.3, -0.25) is 0 Å². The molecule has 0 aliphatic rings. The van der Waals surface area contributed by atoms with E-state index in [9.17, 15) is 0 Å². The molecule has 0 fully saturated rings. The van der Waals surface area contributed by atoms with Crippen LogP contribution in [0.1, 0.15) is 16.7 Å². The molecule has 92 valence electrons. The second kappa shape index (κ2) is 6.28. The van der Waals surface area contributed by atoms with Gasteiger partial charge in [-0.1, -0.05) is 42.2 Å². The molecule has 0 atom stereocenters. The first-order valence-corrected chi connectivity index (χ1v) is 6.09. The van der Waals surface area contributed by atoms with Gasteiger partial charge in [0, 0.05) is 5.56 Å². The smallest absolute Gasteiger partial charge is 0.102 e. The monoisotopic (exact) mass is 246 g/mol. The SMILES string of the molecule is Cc1cccc(NCC#Cc2ccccc2)c1C#N. The van der Waals surface area contributed by atoms with Crippen molar-refractivity contribution in [1.82, 2.24) is 0 Å². The summed E-state index contributed by atoms with van der Waals surface area (Å²) in [5.74, 6) is 6.12. The Morgan fingerprint density at radius 1 is 1.05 bits per heavy atom. The summed E-state index contributed by atoms with van der Waals surface area (Å²) in [7, 11) is 0. The zero-order valence-corrected chi connectivity index (χ0v) is 10.8. The molecule has 0 radical (unpaired) electrons. The largest absolute Gasteiger partial charge is 0.373 e. The maximum Gasteiger partial charge on any atom is 0.102 e. The highest BCUT2D eigenvalue weighted by Gasteiger charge is 2.02. The van der Waals surface area contributed by atoms with Crippen molar-refractivity contribution in [3.05, 3.63) is 65.2 Å². The van der Waals surface area contributed by atoms with Gasteiger partial charge in [-0.15, -0.1) is 0 Å². The summed E-state index contributed by atoms with van der Waals surface area (Å²) in [6.45, 7) is 2.45. The van der Waals surface area contributed by atoms with Crippen LogP contribution in [0.4, 0.5) is 5.69 Å². The number of nitriles is 1. The van der Waals surface area contributed by atoms with Gasteiger partial charge in [-0.25, -0.2) is 0 Å². The highest BCUT2D eigenvalue weighted by atomic mass is 14.9. The molecule has 2 nitrogen and oxygen atoms in total. The lowest BCUT2D eigenvalue weighted by Gasteiger charge is -2.06. The van der Waals surface area contributed by atoms with E-state index in [1.165, 1.54) is 0 Å².